The van der Waals surface area contributed by atoms with Crippen LogP contribution in [0.3, 0.4) is 0 Å². The Labute approximate surface area is 330 Å². The Kier molecular flexibility index (Phi) is 20.6. The Bertz CT molecular complexity index is 1460. The Morgan fingerprint density at radius 1 is 0.966 bits per heavy atom. The van der Waals surface area contributed by atoms with Crippen LogP contribution in [0, 0.1) is 0 Å². The quantitative estimate of drug-likeness (QED) is 0.0224. The van der Waals surface area contributed by atoms with E-state index >= 15 is 0 Å². The van der Waals surface area contributed by atoms with Crippen molar-refractivity contribution in [2.75, 3.05) is 72.6 Å². The fraction of sp³-hybridized carbons (Fsp3) is 0.833. The van der Waals surface area contributed by atoms with Gasteiger partial charge in [-0.05, 0) is 0 Å². The van der Waals surface area contributed by atoms with E-state index in [1.165, 1.54) is 4.68 Å². The van der Waals surface area contributed by atoms with E-state index in [0.717, 1.165) is 6.92 Å². The number of aromatic nitrogens is 3. The van der Waals surface area contributed by atoms with Gasteiger partial charge in [0.1, 0.15) is 61.6 Å². The minimum atomic E-state index is -4.60. The normalized spacial score (nSPS) is 28.8. The molecule has 2 aliphatic heterocycles. The second kappa shape index (κ2) is 24.3. The Hall–Kier alpha value is -3.06. The number of rotatable bonds is 27. The maximum absolute atomic E-state index is 12.0. The molecule has 3 rings (SSSR count). The lowest BCUT2D eigenvalue weighted by atomic mass is 9.99. The molecule has 0 saturated carbocycles. The van der Waals surface area contributed by atoms with E-state index in [9.17, 15) is 59.6 Å². The van der Waals surface area contributed by atoms with Crippen molar-refractivity contribution in [2.45, 2.75) is 87.4 Å². The largest absolute Gasteiger partial charge is 0.472 e. The van der Waals surface area contributed by atoms with Crippen molar-refractivity contribution >= 4 is 25.8 Å². The molecular formula is C30H52N5O22P. The zero-order valence-electron chi connectivity index (χ0n) is 31.3. The van der Waals surface area contributed by atoms with E-state index < -0.39 is 120 Å². The molecule has 28 heteroatoms. The number of carbonyl (C=O) groups excluding carboxylic acids is 3. The molecule has 2 saturated heterocycles. The first-order chi connectivity index (χ1) is 27.5. The van der Waals surface area contributed by atoms with Crippen LogP contribution in [-0.2, 0) is 74.2 Å². The van der Waals surface area contributed by atoms with Crippen LogP contribution in [0.25, 0.3) is 0 Å². The standard InChI is InChI=1S/C30H52N5O22P/c1-17(38)54-19(13-51-29(31)45)14-53-58(46,47)52-6-3-32-22(39)2-5-48-8-9-49-7-4-35-10-18(33-34-35)12-50-15-21-23(40)25(42)26(43)28(55-21)57-30(16-37)27(44)24(41)20(11-36)56-30/h10,19-21,23-28,36-37,40-44H,2-9,11-16H2,1H3,(H2,31,45)(H,32,39)(H,46,47)/t19-,20-,21-,23-,24-,25+,26-,27+,28-,30+/m1/s1. The van der Waals surface area contributed by atoms with Gasteiger partial charge in [0.2, 0.25) is 11.7 Å². The molecule has 0 spiro atoms. The van der Waals surface area contributed by atoms with Gasteiger partial charge in [-0.25, -0.2) is 14.0 Å². The maximum Gasteiger partial charge on any atom is 0.472 e. The summed E-state index contributed by atoms with van der Waals surface area (Å²) < 4.78 is 65.0. The number of phosphoric ester groups is 1. The monoisotopic (exact) mass is 865 g/mol. The second-order valence-electron chi connectivity index (χ2n) is 12.6. The number of esters is 1. The number of nitrogens with one attached hydrogen (secondary N) is 1. The van der Waals surface area contributed by atoms with Crippen LogP contribution in [-0.4, -0.2) is 207 Å². The summed E-state index contributed by atoms with van der Waals surface area (Å²) in [5.74, 6) is -3.50. The van der Waals surface area contributed by atoms with Crippen molar-refractivity contribution < 1.29 is 107 Å². The van der Waals surface area contributed by atoms with Crippen LogP contribution in [0.2, 0.25) is 0 Å². The molecule has 334 valence electrons. The van der Waals surface area contributed by atoms with Crippen molar-refractivity contribution in [1.82, 2.24) is 20.3 Å². The van der Waals surface area contributed by atoms with Gasteiger partial charge in [0.05, 0.1) is 72.2 Å². The summed E-state index contributed by atoms with van der Waals surface area (Å²) in [6.07, 6.45) is -14.0. The molecule has 58 heavy (non-hydrogen) atoms. The van der Waals surface area contributed by atoms with Crippen LogP contribution in [0.1, 0.15) is 19.0 Å². The summed E-state index contributed by atoms with van der Waals surface area (Å²) in [5.41, 5.74) is 5.22. The average Bonchev–Trinajstić information content (AvgIpc) is 3.73. The number of ether oxygens (including phenoxy) is 8. The summed E-state index contributed by atoms with van der Waals surface area (Å²) >= 11 is 0. The molecule has 0 aromatic carbocycles. The number of nitrogens with zero attached hydrogens (tertiary/aromatic N) is 3. The third kappa shape index (κ3) is 15.8. The molecule has 27 nitrogen and oxygen atoms in total. The Morgan fingerprint density at radius 3 is 2.34 bits per heavy atom. The van der Waals surface area contributed by atoms with Crippen molar-refractivity contribution in [3.63, 3.8) is 0 Å². The molecule has 0 radical (unpaired) electrons. The van der Waals surface area contributed by atoms with Crippen molar-refractivity contribution in [2.24, 2.45) is 5.73 Å². The number of nitrogens with two attached hydrogens (primary N) is 1. The molecule has 0 aliphatic carbocycles. The fourth-order valence-corrected chi connectivity index (χ4v) is 5.99. The van der Waals surface area contributed by atoms with Gasteiger partial charge in [0.25, 0.3) is 0 Å². The summed E-state index contributed by atoms with van der Waals surface area (Å²) in [4.78, 5) is 43.6. The molecule has 11 atom stereocenters. The Morgan fingerprint density at radius 2 is 1.69 bits per heavy atom. The average molecular weight is 866 g/mol. The highest BCUT2D eigenvalue weighted by atomic mass is 31.2. The fourth-order valence-electron chi connectivity index (χ4n) is 5.24. The molecule has 11 N–H and O–H groups in total. The molecular weight excluding hydrogens is 813 g/mol. The summed E-state index contributed by atoms with van der Waals surface area (Å²) in [7, 11) is -4.60. The third-order valence-corrected chi connectivity index (χ3v) is 9.15. The predicted octanol–water partition coefficient (Wildman–Crippen LogP) is -5.88. The van der Waals surface area contributed by atoms with Gasteiger partial charge in [-0.3, -0.25) is 18.6 Å². The van der Waals surface area contributed by atoms with E-state index in [1.807, 2.05) is 0 Å². The topological polar surface area (TPSA) is 391 Å². The zero-order valence-corrected chi connectivity index (χ0v) is 32.2. The third-order valence-electron chi connectivity index (χ3n) is 8.17. The van der Waals surface area contributed by atoms with Crippen molar-refractivity contribution in [3.05, 3.63) is 11.9 Å². The molecule has 3 heterocycles. The summed E-state index contributed by atoms with van der Waals surface area (Å²) in [6.45, 7) is -1.84. The zero-order chi connectivity index (χ0) is 42.9. The van der Waals surface area contributed by atoms with Crippen LogP contribution in [0.15, 0.2) is 6.20 Å². The summed E-state index contributed by atoms with van der Waals surface area (Å²) in [5, 5.41) is 81.3. The minimum absolute atomic E-state index is 0.0237. The minimum Gasteiger partial charge on any atom is -0.456 e. The maximum atomic E-state index is 12.0. The van der Waals surface area contributed by atoms with Gasteiger partial charge in [-0.2, -0.15) is 0 Å². The first-order valence-electron chi connectivity index (χ1n) is 17.7. The number of phosphoric acid groups is 1. The number of carbonyl (C=O) groups is 3. The van der Waals surface area contributed by atoms with Crippen LogP contribution in [0.4, 0.5) is 4.79 Å². The first-order valence-corrected chi connectivity index (χ1v) is 19.2. The molecule has 2 fully saturated rings. The molecule has 2 amide bonds. The van der Waals surface area contributed by atoms with Gasteiger partial charge in [0.15, 0.2) is 12.4 Å². The molecule has 1 aromatic heterocycles. The lowest BCUT2D eigenvalue weighted by molar-refractivity contribution is -0.384. The number of hydrogen-bond acceptors (Lipinski definition) is 23. The molecule has 2 aliphatic rings. The number of primary amides is 1. The number of aliphatic hydroxyl groups excluding tert-OH is 7. The van der Waals surface area contributed by atoms with E-state index in [0.29, 0.717) is 12.2 Å². The number of amides is 2. The van der Waals surface area contributed by atoms with Crippen LogP contribution >= 0.6 is 7.82 Å². The predicted molar refractivity (Wildman–Crippen MR) is 183 cm³/mol. The van der Waals surface area contributed by atoms with Gasteiger partial charge in [-0.1, -0.05) is 5.21 Å². The van der Waals surface area contributed by atoms with E-state index in [4.69, 9.17) is 47.9 Å². The van der Waals surface area contributed by atoms with E-state index in [1.54, 1.807) is 6.20 Å². The van der Waals surface area contributed by atoms with Gasteiger partial charge in [-0.15, -0.1) is 5.10 Å². The van der Waals surface area contributed by atoms with E-state index in [2.05, 4.69) is 20.4 Å². The van der Waals surface area contributed by atoms with E-state index in [-0.39, 0.29) is 52.6 Å². The number of aliphatic hydroxyl groups is 7. The van der Waals surface area contributed by atoms with Gasteiger partial charge >= 0.3 is 19.9 Å². The highest BCUT2D eigenvalue weighted by Gasteiger charge is 2.58. The SMILES string of the molecule is CC(=O)O[C@H](COC(N)=O)COP(=O)(O)OCCNC(=O)CCOCCOCCn1cc(COC[C@H]2O[C@H](O[C@]3(CO)O[C@H](CO)[C@@H](O)[C@@H]3O)[C@H](O)[C@@H](O)[C@@H]2O)nn1. The lowest BCUT2D eigenvalue weighted by Crippen LogP contribution is -2.62. The second-order valence-corrected chi connectivity index (χ2v) is 14.1. The molecule has 1 unspecified atom stereocenters. The number of hydrogen-bond donors (Lipinski definition) is 10. The highest BCUT2D eigenvalue weighted by Crippen LogP contribution is 2.43. The molecule has 1 aromatic rings. The van der Waals surface area contributed by atoms with Crippen molar-refractivity contribution in [3.8, 4) is 0 Å². The van der Waals surface area contributed by atoms with Crippen molar-refractivity contribution in [1.29, 1.82) is 0 Å². The first kappa shape index (κ1) is 49.3. The van der Waals surface area contributed by atoms with Crippen LogP contribution in [0.5, 0.6) is 0 Å². The lowest BCUT2D eigenvalue weighted by Gasteiger charge is -2.43. The smallest absolute Gasteiger partial charge is 0.456 e. The highest BCUT2D eigenvalue weighted by molar-refractivity contribution is 7.47. The van der Waals surface area contributed by atoms with Crippen LogP contribution < -0.4 is 11.1 Å². The van der Waals surface area contributed by atoms with Gasteiger partial charge < -0.3 is 89.6 Å². The molecule has 0 bridgehead atoms. The Balaban J connectivity index is 1.24. The van der Waals surface area contributed by atoms with Gasteiger partial charge in [0, 0.05) is 19.9 Å². The summed E-state index contributed by atoms with van der Waals surface area (Å²) in [6, 6.07) is 0.